The summed E-state index contributed by atoms with van der Waals surface area (Å²) in [6, 6.07) is 13.6. The topological polar surface area (TPSA) is 97.5 Å². The zero-order valence-electron chi connectivity index (χ0n) is 16.1. The van der Waals surface area contributed by atoms with E-state index in [1.165, 1.54) is 0 Å². The molecule has 0 saturated heterocycles. The van der Waals surface area contributed by atoms with Crippen LogP contribution in [0.2, 0.25) is 0 Å². The number of rotatable bonds is 8. The van der Waals surface area contributed by atoms with Crippen LogP contribution < -0.4 is 15.4 Å². The van der Waals surface area contributed by atoms with E-state index in [9.17, 15) is 0 Å². The van der Waals surface area contributed by atoms with Gasteiger partial charge in [0.2, 0.25) is 0 Å². The number of guanidine groups is 1. The van der Waals surface area contributed by atoms with Crippen molar-refractivity contribution in [1.29, 1.82) is 0 Å². The van der Waals surface area contributed by atoms with Gasteiger partial charge in [0, 0.05) is 32.8 Å². The minimum absolute atomic E-state index is 0.426. The lowest BCUT2D eigenvalue weighted by Gasteiger charge is -2.12. The van der Waals surface area contributed by atoms with Crippen molar-refractivity contribution in [3.63, 3.8) is 0 Å². The predicted molar refractivity (Wildman–Crippen MR) is 107 cm³/mol. The quantitative estimate of drug-likeness (QED) is 0.456. The molecule has 0 radical (unpaired) electrons. The number of methoxy groups -OCH3 is 1. The normalized spacial score (nSPS) is 11.3. The van der Waals surface area contributed by atoms with E-state index in [0.29, 0.717) is 30.4 Å². The average molecular weight is 380 g/mol. The maximum Gasteiger partial charge on any atom is 0.276 e. The Bertz CT molecular complexity index is 894. The van der Waals surface area contributed by atoms with Crippen LogP contribution in [0.4, 0.5) is 0 Å². The van der Waals surface area contributed by atoms with Crippen molar-refractivity contribution in [3.8, 4) is 17.3 Å². The number of aromatic nitrogens is 3. The lowest BCUT2D eigenvalue weighted by atomic mass is 10.1. The number of nitrogens with zero attached hydrogens (tertiary/aromatic N) is 4. The van der Waals surface area contributed by atoms with Gasteiger partial charge in [-0.15, -0.1) is 0 Å². The first-order valence-electron chi connectivity index (χ1n) is 9.10. The molecule has 0 atom stereocenters. The molecule has 0 aliphatic rings. The molecule has 0 amide bonds. The number of hydrogen-bond donors (Lipinski definition) is 2. The third-order valence-electron chi connectivity index (χ3n) is 4.10. The molecule has 28 heavy (non-hydrogen) atoms. The molecule has 3 rings (SSSR count). The number of benzene rings is 1. The molecule has 3 aromatic rings. The molecule has 0 fully saturated rings. The Morgan fingerprint density at radius 3 is 2.61 bits per heavy atom. The fourth-order valence-corrected chi connectivity index (χ4v) is 2.69. The molecule has 0 saturated carbocycles. The minimum atomic E-state index is 0.426. The van der Waals surface area contributed by atoms with Crippen molar-refractivity contribution in [2.75, 3.05) is 27.2 Å². The Balaban J connectivity index is 1.43. The van der Waals surface area contributed by atoms with E-state index in [-0.39, 0.29) is 0 Å². The summed E-state index contributed by atoms with van der Waals surface area (Å²) < 4.78 is 10.6. The highest BCUT2D eigenvalue weighted by molar-refractivity contribution is 5.79. The molecule has 2 aromatic heterocycles. The molecular formula is C20H24N6O2. The third-order valence-corrected chi connectivity index (χ3v) is 4.10. The summed E-state index contributed by atoms with van der Waals surface area (Å²) in [5.41, 5.74) is 1.82. The van der Waals surface area contributed by atoms with Gasteiger partial charge in [-0.2, -0.15) is 4.98 Å². The number of hydrogen-bond acceptors (Lipinski definition) is 6. The first kappa shape index (κ1) is 19.3. The second-order valence-corrected chi connectivity index (χ2v) is 5.97. The average Bonchev–Trinajstić information content (AvgIpc) is 3.22. The van der Waals surface area contributed by atoms with Gasteiger partial charge < -0.3 is 19.9 Å². The highest BCUT2D eigenvalue weighted by Gasteiger charge is 2.09. The summed E-state index contributed by atoms with van der Waals surface area (Å²) >= 11 is 0. The summed E-state index contributed by atoms with van der Waals surface area (Å²) in [5.74, 6) is 2.67. The Morgan fingerprint density at radius 1 is 1.07 bits per heavy atom. The van der Waals surface area contributed by atoms with Gasteiger partial charge in [-0.3, -0.25) is 9.98 Å². The van der Waals surface area contributed by atoms with Crippen LogP contribution in [0, 0.1) is 0 Å². The fourth-order valence-electron chi connectivity index (χ4n) is 2.69. The van der Waals surface area contributed by atoms with E-state index >= 15 is 0 Å². The summed E-state index contributed by atoms with van der Waals surface area (Å²) in [6.45, 7) is 1.38. The zero-order valence-corrected chi connectivity index (χ0v) is 16.1. The predicted octanol–water partition coefficient (Wildman–Crippen LogP) is 2.09. The Morgan fingerprint density at radius 2 is 1.86 bits per heavy atom. The molecular weight excluding hydrogens is 356 g/mol. The van der Waals surface area contributed by atoms with E-state index in [1.807, 2.05) is 36.4 Å². The van der Waals surface area contributed by atoms with Crippen LogP contribution in [0.25, 0.3) is 11.6 Å². The number of aliphatic imine (C=N–C) groups is 1. The molecule has 0 bridgehead atoms. The molecule has 2 heterocycles. The molecule has 0 unspecified atom stereocenters. The van der Waals surface area contributed by atoms with Gasteiger partial charge in [-0.25, -0.2) is 0 Å². The second-order valence-electron chi connectivity index (χ2n) is 5.97. The molecule has 8 nitrogen and oxygen atoms in total. The van der Waals surface area contributed by atoms with Crippen molar-refractivity contribution in [2.24, 2.45) is 4.99 Å². The third kappa shape index (κ3) is 5.29. The smallest absolute Gasteiger partial charge is 0.276 e. The lowest BCUT2D eigenvalue weighted by Crippen LogP contribution is -2.39. The highest BCUT2D eigenvalue weighted by Crippen LogP contribution is 2.17. The number of nitrogens with one attached hydrogen (secondary N) is 2. The van der Waals surface area contributed by atoms with Crippen molar-refractivity contribution < 1.29 is 9.26 Å². The lowest BCUT2D eigenvalue weighted by molar-refractivity contribution is 0.409. The van der Waals surface area contributed by atoms with Crippen LogP contribution in [0.3, 0.4) is 0 Å². The maximum absolute atomic E-state index is 5.38. The molecule has 1 aromatic carbocycles. The standard InChI is InChI=1S/C20H24N6O2/c1-21-20(23-13-10-15-7-3-4-9-17(15)27-2)24-14-11-18-25-19(28-26-18)16-8-5-6-12-22-16/h3-9,12H,10-11,13-14H2,1-2H3,(H2,21,23,24). The van der Waals surface area contributed by atoms with E-state index in [1.54, 1.807) is 20.4 Å². The second kappa shape index (κ2) is 10.1. The van der Waals surface area contributed by atoms with E-state index in [4.69, 9.17) is 9.26 Å². The number of ether oxygens (including phenoxy) is 1. The zero-order chi connectivity index (χ0) is 19.6. The Hall–Kier alpha value is -3.42. The summed E-state index contributed by atoms with van der Waals surface area (Å²) in [7, 11) is 3.43. The summed E-state index contributed by atoms with van der Waals surface area (Å²) in [5, 5.41) is 10.5. The van der Waals surface area contributed by atoms with E-state index in [0.717, 1.165) is 30.2 Å². The molecule has 8 heteroatoms. The molecule has 2 N–H and O–H groups in total. The van der Waals surface area contributed by atoms with Crippen molar-refractivity contribution >= 4 is 5.96 Å². The van der Waals surface area contributed by atoms with Crippen molar-refractivity contribution in [1.82, 2.24) is 25.8 Å². The van der Waals surface area contributed by atoms with Crippen molar-refractivity contribution in [3.05, 3.63) is 60.0 Å². The van der Waals surface area contributed by atoms with Gasteiger partial charge in [-0.1, -0.05) is 29.4 Å². The van der Waals surface area contributed by atoms with Crippen LogP contribution in [0.5, 0.6) is 5.75 Å². The summed E-state index contributed by atoms with van der Waals surface area (Å²) in [6.07, 6.45) is 3.15. The van der Waals surface area contributed by atoms with Crippen LogP contribution >= 0.6 is 0 Å². The van der Waals surface area contributed by atoms with E-state index in [2.05, 4.69) is 36.8 Å². The maximum atomic E-state index is 5.38. The monoisotopic (exact) mass is 380 g/mol. The van der Waals surface area contributed by atoms with Crippen molar-refractivity contribution in [2.45, 2.75) is 12.8 Å². The van der Waals surface area contributed by atoms with Gasteiger partial charge in [0.15, 0.2) is 11.8 Å². The van der Waals surface area contributed by atoms with Crippen LogP contribution in [-0.2, 0) is 12.8 Å². The highest BCUT2D eigenvalue weighted by atomic mass is 16.5. The molecule has 0 spiro atoms. The van der Waals surface area contributed by atoms with Gasteiger partial charge in [0.25, 0.3) is 5.89 Å². The largest absolute Gasteiger partial charge is 0.496 e. The molecule has 0 aliphatic heterocycles. The van der Waals surface area contributed by atoms with E-state index < -0.39 is 0 Å². The van der Waals surface area contributed by atoms with Crippen LogP contribution in [0.15, 0.2) is 58.2 Å². The first-order valence-corrected chi connectivity index (χ1v) is 9.10. The van der Waals surface area contributed by atoms with Gasteiger partial charge in [-0.05, 0) is 30.2 Å². The van der Waals surface area contributed by atoms with Gasteiger partial charge in [0.1, 0.15) is 11.4 Å². The SMILES string of the molecule is CN=C(NCCc1noc(-c2ccccn2)n1)NCCc1ccccc1OC. The summed E-state index contributed by atoms with van der Waals surface area (Å²) in [4.78, 5) is 12.8. The number of pyridine rings is 1. The Kier molecular flexibility index (Phi) is 6.95. The Labute approximate surface area is 164 Å². The molecule has 146 valence electrons. The fraction of sp³-hybridized carbons (Fsp3) is 0.300. The first-order chi connectivity index (χ1) is 13.8. The van der Waals surface area contributed by atoms with Crippen LogP contribution in [-0.4, -0.2) is 48.3 Å². The van der Waals surface area contributed by atoms with Gasteiger partial charge >= 0.3 is 0 Å². The van der Waals surface area contributed by atoms with Crippen LogP contribution in [0.1, 0.15) is 11.4 Å². The minimum Gasteiger partial charge on any atom is -0.496 e. The number of para-hydroxylation sites is 1. The molecule has 0 aliphatic carbocycles. The van der Waals surface area contributed by atoms with Gasteiger partial charge in [0.05, 0.1) is 7.11 Å².